The topological polar surface area (TPSA) is 29.5 Å². The van der Waals surface area contributed by atoms with Crippen molar-refractivity contribution in [2.24, 2.45) is 0 Å². The Labute approximate surface area is 126 Å². The molecule has 0 saturated heterocycles. The molecular formula is C14H14Cl2O2S. The molecule has 1 N–H and O–H groups in total. The number of halogens is 2. The van der Waals surface area contributed by atoms with Crippen molar-refractivity contribution in [3.63, 3.8) is 0 Å². The minimum absolute atomic E-state index is 0.438. The molecule has 0 fully saturated rings. The molecule has 0 radical (unpaired) electrons. The van der Waals surface area contributed by atoms with Crippen LogP contribution in [0.4, 0.5) is 0 Å². The van der Waals surface area contributed by atoms with Crippen LogP contribution >= 0.6 is 34.5 Å². The Bertz CT molecular complexity index is 581. The molecule has 1 aromatic heterocycles. The van der Waals surface area contributed by atoms with Crippen molar-refractivity contribution in [1.29, 1.82) is 0 Å². The van der Waals surface area contributed by atoms with E-state index in [-0.39, 0.29) is 0 Å². The van der Waals surface area contributed by atoms with Crippen molar-refractivity contribution in [2.45, 2.75) is 19.4 Å². The van der Waals surface area contributed by atoms with Crippen LogP contribution in [0.5, 0.6) is 5.75 Å². The lowest BCUT2D eigenvalue weighted by Crippen LogP contribution is -1.99. The van der Waals surface area contributed by atoms with Crippen LogP contribution in [0.25, 0.3) is 0 Å². The van der Waals surface area contributed by atoms with Gasteiger partial charge in [-0.1, -0.05) is 30.1 Å². The van der Waals surface area contributed by atoms with Crippen LogP contribution < -0.4 is 4.74 Å². The number of methoxy groups -OCH3 is 1. The van der Waals surface area contributed by atoms with Gasteiger partial charge in [-0.05, 0) is 24.6 Å². The Balaban J connectivity index is 2.38. The van der Waals surface area contributed by atoms with E-state index in [0.717, 1.165) is 11.3 Å². The molecule has 1 unspecified atom stereocenters. The summed E-state index contributed by atoms with van der Waals surface area (Å²) >= 11 is 13.8. The van der Waals surface area contributed by atoms with Gasteiger partial charge in [0.25, 0.3) is 0 Å². The van der Waals surface area contributed by atoms with Crippen LogP contribution in [0.3, 0.4) is 0 Å². The minimum Gasteiger partial charge on any atom is -0.495 e. The number of thiophene rings is 1. The Morgan fingerprint density at radius 1 is 1.26 bits per heavy atom. The zero-order chi connectivity index (χ0) is 14.0. The van der Waals surface area contributed by atoms with Gasteiger partial charge in [0.15, 0.2) is 0 Å². The highest BCUT2D eigenvalue weighted by molar-refractivity contribution is 7.12. The van der Waals surface area contributed by atoms with E-state index >= 15 is 0 Å². The molecule has 1 heterocycles. The fourth-order valence-electron chi connectivity index (χ4n) is 1.79. The summed E-state index contributed by atoms with van der Waals surface area (Å²) in [7, 11) is 1.53. The quantitative estimate of drug-likeness (QED) is 0.885. The third kappa shape index (κ3) is 3.06. The van der Waals surface area contributed by atoms with E-state index in [1.54, 1.807) is 23.5 Å². The van der Waals surface area contributed by atoms with Gasteiger partial charge in [0, 0.05) is 21.4 Å². The Hall–Kier alpha value is -0.740. The van der Waals surface area contributed by atoms with Gasteiger partial charge in [-0.3, -0.25) is 0 Å². The molecule has 0 aliphatic heterocycles. The molecule has 5 heteroatoms. The average molecular weight is 317 g/mol. The largest absolute Gasteiger partial charge is 0.495 e. The third-order valence-electron chi connectivity index (χ3n) is 2.87. The molecule has 1 atom stereocenters. The lowest BCUT2D eigenvalue weighted by molar-refractivity contribution is 0.224. The van der Waals surface area contributed by atoms with Crippen molar-refractivity contribution in [3.8, 4) is 5.75 Å². The Morgan fingerprint density at radius 2 is 2.00 bits per heavy atom. The van der Waals surface area contributed by atoms with Gasteiger partial charge in [0.2, 0.25) is 0 Å². The van der Waals surface area contributed by atoms with Crippen LogP contribution in [0.2, 0.25) is 10.0 Å². The summed E-state index contributed by atoms with van der Waals surface area (Å²) < 4.78 is 5.09. The van der Waals surface area contributed by atoms with Crippen LogP contribution in [0, 0.1) is 0 Å². The van der Waals surface area contributed by atoms with Crippen molar-refractivity contribution < 1.29 is 9.84 Å². The first-order valence-corrected chi connectivity index (χ1v) is 7.43. The number of aryl methyl sites for hydroxylation is 1. The summed E-state index contributed by atoms with van der Waals surface area (Å²) in [5, 5.41) is 11.3. The monoisotopic (exact) mass is 316 g/mol. The minimum atomic E-state index is -0.763. The molecule has 0 spiro atoms. The highest BCUT2D eigenvalue weighted by Crippen LogP contribution is 2.37. The first-order chi connectivity index (χ1) is 9.06. The van der Waals surface area contributed by atoms with Crippen molar-refractivity contribution in [3.05, 3.63) is 49.6 Å². The molecule has 0 aliphatic rings. The second kappa shape index (κ2) is 6.14. The molecule has 0 aliphatic carbocycles. The van der Waals surface area contributed by atoms with Crippen molar-refractivity contribution in [2.75, 3.05) is 7.11 Å². The first kappa shape index (κ1) is 14.7. The van der Waals surface area contributed by atoms with E-state index in [4.69, 9.17) is 27.9 Å². The summed E-state index contributed by atoms with van der Waals surface area (Å²) in [6.45, 7) is 2.08. The number of hydrogen-bond donors (Lipinski definition) is 1. The zero-order valence-corrected chi connectivity index (χ0v) is 12.9. The molecule has 1 aromatic carbocycles. The SMILES string of the molecule is CCc1ccc(C(O)c2cc(Cl)c(OC)cc2Cl)s1. The highest BCUT2D eigenvalue weighted by atomic mass is 35.5. The summed E-state index contributed by atoms with van der Waals surface area (Å²) in [4.78, 5) is 2.09. The second-order valence-electron chi connectivity index (χ2n) is 4.07. The smallest absolute Gasteiger partial charge is 0.138 e. The van der Waals surface area contributed by atoms with Crippen LogP contribution in [0.15, 0.2) is 24.3 Å². The third-order valence-corrected chi connectivity index (χ3v) is 4.77. The average Bonchev–Trinajstić information content (AvgIpc) is 2.89. The second-order valence-corrected chi connectivity index (χ2v) is 6.08. The summed E-state index contributed by atoms with van der Waals surface area (Å²) in [6, 6.07) is 7.21. The standard InChI is InChI=1S/C14H14Cl2O2S/c1-3-8-4-5-13(19-8)14(17)9-6-11(16)12(18-2)7-10(9)15/h4-7,14,17H,3H2,1-2H3. The number of aliphatic hydroxyl groups is 1. The molecule has 2 rings (SSSR count). The fourth-order valence-corrected chi connectivity index (χ4v) is 3.26. The van der Waals surface area contributed by atoms with Crippen LogP contribution in [-0.4, -0.2) is 12.2 Å². The first-order valence-electron chi connectivity index (χ1n) is 5.86. The predicted molar refractivity (Wildman–Crippen MR) is 80.8 cm³/mol. The van der Waals surface area contributed by atoms with E-state index in [2.05, 4.69) is 6.92 Å². The zero-order valence-electron chi connectivity index (χ0n) is 10.6. The van der Waals surface area contributed by atoms with E-state index in [1.165, 1.54) is 12.0 Å². The maximum atomic E-state index is 10.4. The molecule has 19 heavy (non-hydrogen) atoms. The Kier molecular flexibility index (Phi) is 4.74. The number of aliphatic hydroxyl groups excluding tert-OH is 1. The lowest BCUT2D eigenvalue weighted by atomic mass is 10.1. The van der Waals surface area contributed by atoms with Crippen molar-refractivity contribution in [1.82, 2.24) is 0 Å². The molecule has 0 saturated carbocycles. The number of benzene rings is 1. The molecule has 2 aromatic rings. The number of rotatable bonds is 4. The number of hydrogen-bond acceptors (Lipinski definition) is 3. The number of ether oxygens (including phenoxy) is 1. The van der Waals surface area contributed by atoms with Gasteiger partial charge in [-0.2, -0.15) is 0 Å². The molecule has 0 bridgehead atoms. The maximum absolute atomic E-state index is 10.4. The Morgan fingerprint density at radius 3 is 2.58 bits per heavy atom. The van der Waals surface area contributed by atoms with E-state index in [0.29, 0.717) is 21.4 Å². The maximum Gasteiger partial charge on any atom is 0.138 e. The van der Waals surface area contributed by atoms with Gasteiger partial charge >= 0.3 is 0 Å². The summed E-state index contributed by atoms with van der Waals surface area (Å²) in [5.74, 6) is 0.503. The lowest BCUT2D eigenvalue weighted by Gasteiger charge is -2.13. The molecule has 2 nitrogen and oxygen atoms in total. The molecular weight excluding hydrogens is 303 g/mol. The summed E-state index contributed by atoms with van der Waals surface area (Å²) in [6.07, 6.45) is 0.190. The normalized spacial score (nSPS) is 12.5. The van der Waals surface area contributed by atoms with E-state index in [1.807, 2.05) is 12.1 Å². The molecule has 102 valence electrons. The van der Waals surface area contributed by atoms with Gasteiger partial charge in [0.05, 0.1) is 17.2 Å². The van der Waals surface area contributed by atoms with Gasteiger partial charge in [-0.15, -0.1) is 11.3 Å². The van der Waals surface area contributed by atoms with Crippen LogP contribution in [-0.2, 0) is 6.42 Å². The van der Waals surface area contributed by atoms with Gasteiger partial charge in [0.1, 0.15) is 11.9 Å². The van der Waals surface area contributed by atoms with Gasteiger partial charge in [-0.25, -0.2) is 0 Å². The van der Waals surface area contributed by atoms with E-state index in [9.17, 15) is 5.11 Å². The van der Waals surface area contributed by atoms with E-state index < -0.39 is 6.10 Å². The fraction of sp³-hybridized carbons (Fsp3) is 0.286. The highest BCUT2D eigenvalue weighted by Gasteiger charge is 2.18. The summed E-state index contributed by atoms with van der Waals surface area (Å²) in [5.41, 5.74) is 0.594. The predicted octanol–water partition coefficient (Wildman–Crippen LogP) is 4.71. The molecule has 0 amide bonds. The van der Waals surface area contributed by atoms with Gasteiger partial charge < -0.3 is 9.84 Å². The van der Waals surface area contributed by atoms with Crippen molar-refractivity contribution >= 4 is 34.5 Å². The van der Waals surface area contributed by atoms with Crippen LogP contribution in [0.1, 0.15) is 28.3 Å².